The third-order valence-electron chi connectivity index (χ3n) is 2.36. The van der Waals surface area contributed by atoms with Gasteiger partial charge >= 0.3 is 0 Å². The van der Waals surface area contributed by atoms with Crippen LogP contribution in [0.5, 0.6) is 0 Å². The molecule has 0 saturated heterocycles. The van der Waals surface area contributed by atoms with Crippen molar-refractivity contribution in [3.05, 3.63) is 39.4 Å². The average molecular weight is 280 g/mol. The Kier molecular flexibility index (Phi) is 5.43. The molecule has 0 bridgehead atoms. The number of non-ortho nitro benzene ring substituents is 1. The number of benzene rings is 1. The summed E-state index contributed by atoms with van der Waals surface area (Å²) in [5, 5.41) is 10.1. The fourth-order valence-corrected chi connectivity index (χ4v) is 1.86. The molecular weight excluding hydrogens is 268 g/mol. The molecular formula is C11H12ClF2NO3. The molecule has 0 aliphatic carbocycles. The van der Waals surface area contributed by atoms with Crippen LogP contribution in [0.25, 0.3) is 0 Å². The second-order valence-electron chi connectivity index (χ2n) is 3.70. The zero-order chi connectivity index (χ0) is 13.7. The van der Waals surface area contributed by atoms with Crippen LogP contribution in [-0.2, 0) is 11.2 Å². The highest BCUT2D eigenvalue weighted by Crippen LogP contribution is 2.28. The van der Waals surface area contributed by atoms with Crippen LogP contribution < -0.4 is 0 Å². The Morgan fingerprint density at radius 1 is 1.50 bits per heavy atom. The molecule has 0 aromatic heterocycles. The van der Waals surface area contributed by atoms with Crippen molar-refractivity contribution >= 4 is 17.3 Å². The van der Waals surface area contributed by atoms with Gasteiger partial charge in [-0.25, -0.2) is 8.78 Å². The standard InChI is InChI=1S/C11H12ClF2NO3/c1-18-6-8(12)4-7-2-3-9(15(16)17)5-10(7)11(13)14/h2-3,5,8,11H,4,6H2,1H3. The van der Waals surface area contributed by atoms with Crippen molar-refractivity contribution in [2.24, 2.45) is 0 Å². The maximum atomic E-state index is 12.8. The van der Waals surface area contributed by atoms with Gasteiger partial charge in [0.15, 0.2) is 0 Å². The summed E-state index contributed by atoms with van der Waals surface area (Å²) in [5.41, 5.74) is -0.412. The van der Waals surface area contributed by atoms with Gasteiger partial charge in [0, 0.05) is 24.8 Å². The normalized spacial score (nSPS) is 12.7. The van der Waals surface area contributed by atoms with Crippen molar-refractivity contribution in [1.82, 2.24) is 0 Å². The van der Waals surface area contributed by atoms with Crippen LogP contribution in [0.2, 0.25) is 0 Å². The SMILES string of the molecule is COCC(Cl)Cc1ccc([N+](=O)[O-])cc1C(F)F. The molecule has 0 amide bonds. The molecule has 1 aromatic rings. The smallest absolute Gasteiger partial charge is 0.269 e. The number of rotatable bonds is 6. The van der Waals surface area contributed by atoms with Gasteiger partial charge in [0.1, 0.15) is 0 Å². The summed E-state index contributed by atoms with van der Waals surface area (Å²) in [5.74, 6) is 0. The quantitative estimate of drug-likeness (QED) is 0.456. The maximum absolute atomic E-state index is 12.8. The fourth-order valence-electron chi connectivity index (χ4n) is 1.56. The minimum atomic E-state index is -2.77. The maximum Gasteiger partial charge on any atom is 0.269 e. The number of hydrogen-bond acceptors (Lipinski definition) is 3. The topological polar surface area (TPSA) is 52.4 Å². The van der Waals surface area contributed by atoms with E-state index in [2.05, 4.69) is 0 Å². The van der Waals surface area contributed by atoms with Gasteiger partial charge in [-0.3, -0.25) is 10.1 Å². The van der Waals surface area contributed by atoms with E-state index in [9.17, 15) is 18.9 Å². The molecule has 4 nitrogen and oxygen atoms in total. The largest absolute Gasteiger partial charge is 0.383 e. The van der Waals surface area contributed by atoms with Gasteiger partial charge in [-0.15, -0.1) is 11.6 Å². The van der Waals surface area contributed by atoms with E-state index in [-0.39, 0.29) is 24.3 Å². The van der Waals surface area contributed by atoms with Crippen molar-refractivity contribution in [3.8, 4) is 0 Å². The van der Waals surface area contributed by atoms with Gasteiger partial charge in [-0.2, -0.15) is 0 Å². The van der Waals surface area contributed by atoms with E-state index in [1.165, 1.54) is 19.2 Å². The lowest BCUT2D eigenvalue weighted by Crippen LogP contribution is -2.12. The van der Waals surface area contributed by atoms with E-state index in [0.717, 1.165) is 6.07 Å². The number of nitro groups is 1. The molecule has 1 unspecified atom stereocenters. The number of methoxy groups -OCH3 is 1. The first-order valence-corrected chi connectivity index (χ1v) is 5.57. The Hall–Kier alpha value is -1.27. The molecule has 1 atom stereocenters. The monoisotopic (exact) mass is 279 g/mol. The number of nitro benzene ring substituents is 1. The summed E-state index contributed by atoms with van der Waals surface area (Å²) in [7, 11) is 1.46. The van der Waals surface area contributed by atoms with Crippen LogP contribution in [0.4, 0.5) is 14.5 Å². The van der Waals surface area contributed by atoms with E-state index in [0.29, 0.717) is 5.56 Å². The van der Waals surface area contributed by atoms with Gasteiger partial charge in [0.25, 0.3) is 12.1 Å². The van der Waals surface area contributed by atoms with Crippen molar-refractivity contribution < 1.29 is 18.4 Å². The average Bonchev–Trinajstić information content (AvgIpc) is 2.29. The van der Waals surface area contributed by atoms with Crippen LogP contribution >= 0.6 is 11.6 Å². The summed E-state index contributed by atoms with van der Waals surface area (Å²) < 4.78 is 30.4. The molecule has 100 valence electrons. The lowest BCUT2D eigenvalue weighted by molar-refractivity contribution is -0.385. The minimum absolute atomic E-state index is 0.174. The molecule has 0 saturated carbocycles. The second kappa shape index (κ2) is 6.61. The Morgan fingerprint density at radius 2 is 2.17 bits per heavy atom. The summed E-state index contributed by atoms with van der Waals surface area (Å²) in [6, 6.07) is 3.39. The molecule has 7 heteroatoms. The zero-order valence-corrected chi connectivity index (χ0v) is 10.4. The predicted molar refractivity (Wildman–Crippen MR) is 63.3 cm³/mol. The first-order valence-electron chi connectivity index (χ1n) is 5.14. The molecule has 18 heavy (non-hydrogen) atoms. The van der Waals surface area contributed by atoms with Crippen LogP contribution in [0.3, 0.4) is 0 Å². The van der Waals surface area contributed by atoms with E-state index in [1.807, 2.05) is 0 Å². The van der Waals surface area contributed by atoms with Crippen molar-refractivity contribution in [2.45, 2.75) is 18.2 Å². The van der Waals surface area contributed by atoms with Crippen LogP contribution in [0.1, 0.15) is 17.6 Å². The molecule has 0 aliphatic heterocycles. The van der Waals surface area contributed by atoms with Crippen molar-refractivity contribution in [1.29, 1.82) is 0 Å². The Labute approximate surface area is 108 Å². The third-order valence-corrected chi connectivity index (χ3v) is 2.64. The third kappa shape index (κ3) is 3.89. The molecule has 1 aromatic carbocycles. The highest BCUT2D eigenvalue weighted by Gasteiger charge is 2.19. The highest BCUT2D eigenvalue weighted by atomic mass is 35.5. The first kappa shape index (κ1) is 14.8. The fraction of sp³-hybridized carbons (Fsp3) is 0.455. The summed E-state index contributed by atoms with van der Waals surface area (Å²) in [6.07, 6.45) is -2.60. The number of halogens is 3. The van der Waals surface area contributed by atoms with E-state index in [4.69, 9.17) is 16.3 Å². The predicted octanol–water partition coefficient (Wildman–Crippen LogP) is 3.33. The molecule has 0 heterocycles. The Bertz CT molecular complexity index is 429. The molecule has 0 N–H and O–H groups in total. The van der Waals surface area contributed by atoms with Crippen molar-refractivity contribution in [2.75, 3.05) is 13.7 Å². The Balaban J connectivity index is 3.00. The van der Waals surface area contributed by atoms with E-state index >= 15 is 0 Å². The highest BCUT2D eigenvalue weighted by molar-refractivity contribution is 6.20. The number of hydrogen-bond donors (Lipinski definition) is 0. The van der Waals surface area contributed by atoms with Gasteiger partial charge < -0.3 is 4.74 Å². The number of alkyl halides is 3. The number of ether oxygens (including phenoxy) is 1. The van der Waals surface area contributed by atoms with E-state index in [1.54, 1.807) is 0 Å². The minimum Gasteiger partial charge on any atom is -0.383 e. The number of nitrogens with zero attached hydrogens (tertiary/aromatic N) is 1. The first-order chi connectivity index (χ1) is 8.45. The molecule has 0 radical (unpaired) electrons. The molecule has 0 fully saturated rings. The summed E-state index contributed by atoms with van der Waals surface area (Å²) in [6.45, 7) is 0.223. The summed E-state index contributed by atoms with van der Waals surface area (Å²) in [4.78, 5) is 9.82. The van der Waals surface area contributed by atoms with Crippen LogP contribution in [0.15, 0.2) is 18.2 Å². The van der Waals surface area contributed by atoms with E-state index < -0.39 is 16.7 Å². The van der Waals surface area contributed by atoms with Crippen molar-refractivity contribution in [3.63, 3.8) is 0 Å². The molecule has 1 rings (SSSR count). The lowest BCUT2D eigenvalue weighted by atomic mass is 10.0. The second-order valence-corrected chi connectivity index (χ2v) is 4.31. The van der Waals surface area contributed by atoms with Gasteiger partial charge in [0.2, 0.25) is 0 Å². The van der Waals surface area contributed by atoms with Gasteiger partial charge in [0.05, 0.1) is 16.9 Å². The molecule has 0 spiro atoms. The lowest BCUT2D eigenvalue weighted by Gasteiger charge is -2.12. The van der Waals surface area contributed by atoms with Crippen LogP contribution in [0, 0.1) is 10.1 Å². The van der Waals surface area contributed by atoms with Gasteiger partial charge in [-0.05, 0) is 12.0 Å². The summed E-state index contributed by atoms with van der Waals surface area (Å²) >= 11 is 5.89. The van der Waals surface area contributed by atoms with Crippen LogP contribution in [-0.4, -0.2) is 24.0 Å². The zero-order valence-electron chi connectivity index (χ0n) is 9.61. The van der Waals surface area contributed by atoms with Gasteiger partial charge in [-0.1, -0.05) is 6.07 Å². The Morgan fingerprint density at radius 3 is 2.67 bits per heavy atom. The molecule has 0 aliphatic rings.